The van der Waals surface area contributed by atoms with Crippen LogP contribution in [-0.2, 0) is 14.3 Å². The van der Waals surface area contributed by atoms with Crippen LogP contribution < -0.4 is 4.90 Å². The average molecular weight is 284 g/mol. The Kier molecular flexibility index (Phi) is 3.07. The van der Waals surface area contributed by atoms with Crippen molar-refractivity contribution in [3.63, 3.8) is 0 Å². The molecule has 0 N–H and O–H groups in total. The van der Waals surface area contributed by atoms with Crippen molar-refractivity contribution in [2.75, 3.05) is 12.0 Å². The molecule has 1 aromatic rings. The average Bonchev–Trinajstić information content (AvgIpc) is 2.29. The Labute approximate surface area is 101 Å². The van der Waals surface area contributed by atoms with Crippen molar-refractivity contribution >= 4 is 33.8 Å². The third kappa shape index (κ3) is 1.66. The Balaban J connectivity index is 2.25. The van der Waals surface area contributed by atoms with E-state index in [1.807, 2.05) is 12.1 Å². The van der Waals surface area contributed by atoms with E-state index in [0.29, 0.717) is 5.69 Å². The van der Waals surface area contributed by atoms with Gasteiger partial charge in [-0.1, -0.05) is 15.9 Å². The maximum atomic E-state index is 11.7. The molecule has 5 heteroatoms. The summed E-state index contributed by atoms with van der Waals surface area (Å²) >= 11 is 3.31. The highest BCUT2D eigenvalue weighted by atomic mass is 79.9. The summed E-state index contributed by atoms with van der Waals surface area (Å²) in [7, 11) is 1.43. The van der Waals surface area contributed by atoms with Gasteiger partial charge in [-0.3, -0.25) is 9.69 Å². The number of rotatable bonds is 3. The van der Waals surface area contributed by atoms with Gasteiger partial charge in [-0.2, -0.15) is 0 Å². The molecule has 1 aliphatic rings. The van der Waals surface area contributed by atoms with E-state index in [-0.39, 0.29) is 5.91 Å². The molecule has 1 heterocycles. The monoisotopic (exact) mass is 283 g/mol. The molecule has 2 rings (SSSR count). The van der Waals surface area contributed by atoms with Crippen LogP contribution in [0.15, 0.2) is 28.7 Å². The summed E-state index contributed by atoms with van der Waals surface area (Å²) in [6.07, 6.45) is 0.0959. The first-order valence-electron chi connectivity index (χ1n) is 4.75. The number of anilines is 1. The van der Waals surface area contributed by atoms with Crippen molar-refractivity contribution in [3.8, 4) is 0 Å². The van der Waals surface area contributed by atoms with Gasteiger partial charge in [0.15, 0.2) is 6.10 Å². The molecule has 1 aliphatic heterocycles. The quantitative estimate of drug-likeness (QED) is 0.622. The van der Waals surface area contributed by atoms with Crippen molar-refractivity contribution in [1.82, 2.24) is 0 Å². The first-order valence-corrected chi connectivity index (χ1v) is 5.55. The molecule has 1 amide bonds. The van der Waals surface area contributed by atoms with E-state index in [9.17, 15) is 9.59 Å². The molecule has 1 aromatic carbocycles. The molecule has 1 saturated heterocycles. The van der Waals surface area contributed by atoms with Crippen molar-refractivity contribution in [2.45, 2.75) is 12.1 Å². The summed E-state index contributed by atoms with van der Waals surface area (Å²) in [5, 5.41) is 0. The molecular weight excluding hydrogens is 274 g/mol. The van der Waals surface area contributed by atoms with Crippen LogP contribution in [-0.4, -0.2) is 31.4 Å². The lowest BCUT2D eigenvalue weighted by molar-refractivity contribution is -0.142. The van der Waals surface area contributed by atoms with E-state index < -0.39 is 12.1 Å². The van der Waals surface area contributed by atoms with Gasteiger partial charge in [0.1, 0.15) is 12.3 Å². The molecule has 0 radical (unpaired) electrons. The predicted octanol–water partition coefficient (Wildman–Crippen LogP) is 1.38. The van der Waals surface area contributed by atoms with Gasteiger partial charge in [-0.25, -0.2) is 0 Å². The number of nitrogens with zero attached hydrogens (tertiary/aromatic N) is 1. The normalized spacial score (nSPS) is 24.1. The number of ether oxygens (including phenoxy) is 1. The number of hydrogen-bond acceptors (Lipinski definition) is 3. The van der Waals surface area contributed by atoms with Gasteiger partial charge in [0.25, 0.3) is 5.91 Å². The lowest BCUT2D eigenvalue weighted by Crippen LogP contribution is -2.66. The molecule has 84 valence electrons. The SMILES string of the molecule is CO[C@H]1C(=O)N(c2ccc(Br)cc2)[C@H]1C=O. The fraction of sp³-hybridized carbons (Fsp3) is 0.273. The molecule has 4 nitrogen and oxygen atoms in total. The zero-order chi connectivity index (χ0) is 11.7. The molecule has 0 saturated carbocycles. The van der Waals surface area contributed by atoms with Gasteiger partial charge in [0, 0.05) is 17.3 Å². The van der Waals surface area contributed by atoms with E-state index in [2.05, 4.69) is 15.9 Å². The second-order valence-corrected chi connectivity index (χ2v) is 4.38. The highest BCUT2D eigenvalue weighted by Gasteiger charge is 2.48. The van der Waals surface area contributed by atoms with E-state index in [0.717, 1.165) is 10.8 Å². The maximum absolute atomic E-state index is 11.7. The summed E-state index contributed by atoms with van der Waals surface area (Å²) in [4.78, 5) is 24.0. The Morgan fingerprint density at radius 3 is 2.50 bits per heavy atom. The van der Waals surface area contributed by atoms with Crippen LogP contribution in [0.5, 0.6) is 0 Å². The highest BCUT2D eigenvalue weighted by molar-refractivity contribution is 9.10. The molecular formula is C11H10BrNO3. The number of methoxy groups -OCH3 is 1. The summed E-state index contributed by atoms with van der Waals surface area (Å²) in [5.41, 5.74) is 0.707. The zero-order valence-electron chi connectivity index (χ0n) is 8.59. The summed E-state index contributed by atoms with van der Waals surface area (Å²) in [6, 6.07) is 6.70. The minimum absolute atomic E-state index is 0.179. The second kappa shape index (κ2) is 4.35. The maximum Gasteiger partial charge on any atom is 0.259 e. The molecule has 1 fully saturated rings. The lowest BCUT2D eigenvalue weighted by atomic mass is 9.98. The number of β-lactam (4-membered cyclic amide) rings is 1. The lowest BCUT2D eigenvalue weighted by Gasteiger charge is -2.42. The van der Waals surface area contributed by atoms with Crippen LogP contribution in [0.2, 0.25) is 0 Å². The topological polar surface area (TPSA) is 46.6 Å². The molecule has 0 bridgehead atoms. The number of carbonyl (C=O) groups is 2. The number of halogens is 1. The molecule has 16 heavy (non-hydrogen) atoms. The van der Waals surface area contributed by atoms with Gasteiger partial charge in [0.2, 0.25) is 0 Å². The number of carbonyl (C=O) groups excluding carboxylic acids is 2. The minimum Gasteiger partial charge on any atom is -0.369 e. The van der Waals surface area contributed by atoms with E-state index >= 15 is 0 Å². The van der Waals surface area contributed by atoms with Crippen LogP contribution >= 0.6 is 15.9 Å². The van der Waals surface area contributed by atoms with E-state index in [4.69, 9.17) is 4.74 Å². The Morgan fingerprint density at radius 2 is 2.00 bits per heavy atom. The van der Waals surface area contributed by atoms with Gasteiger partial charge in [-0.05, 0) is 24.3 Å². The van der Waals surface area contributed by atoms with Gasteiger partial charge in [-0.15, -0.1) is 0 Å². The molecule has 0 spiro atoms. The Hall–Kier alpha value is -1.20. The van der Waals surface area contributed by atoms with Gasteiger partial charge < -0.3 is 9.53 Å². The number of benzene rings is 1. The Bertz CT molecular complexity index is 418. The molecule has 2 atom stereocenters. The summed E-state index contributed by atoms with van der Waals surface area (Å²) in [5.74, 6) is -0.179. The fourth-order valence-electron chi connectivity index (χ4n) is 1.76. The van der Waals surface area contributed by atoms with Gasteiger partial charge in [0.05, 0.1) is 0 Å². The standard InChI is InChI=1S/C11H10BrNO3/c1-16-10-9(6-14)13(11(10)15)8-4-2-7(12)3-5-8/h2-6,9-10H,1H3/t9-,10+/m0/s1. The summed E-state index contributed by atoms with van der Waals surface area (Å²) < 4.78 is 5.87. The molecule has 0 unspecified atom stereocenters. The Morgan fingerprint density at radius 1 is 1.38 bits per heavy atom. The van der Waals surface area contributed by atoms with Crippen LogP contribution in [0.3, 0.4) is 0 Å². The van der Waals surface area contributed by atoms with Crippen LogP contribution in [0.25, 0.3) is 0 Å². The van der Waals surface area contributed by atoms with Gasteiger partial charge >= 0.3 is 0 Å². The minimum atomic E-state index is -0.638. The third-order valence-electron chi connectivity index (χ3n) is 2.59. The third-order valence-corrected chi connectivity index (χ3v) is 3.12. The summed E-state index contributed by atoms with van der Waals surface area (Å²) in [6.45, 7) is 0. The van der Waals surface area contributed by atoms with Crippen LogP contribution in [0.1, 0.15) is 0 Å². The first-order chi connectivity index (χ1) is 7.69. The smallest absolute Gasteiger partial charge is 0.259 e. The molecule has 0 aromatic heterocycles. The van der Waals surface area contributed by atoms with Crippen molar-refractivity contribution < 1.29 is 14.3 Å². The predicted molar refractivity (Wildman–Crippen MR) is 62.3 cm³/mol. The largest absolute Gasteiger partial charge is 0.369 e. The fourth-order valence-corrected chi connectivity index (χ4v) is 2.02. The van der Waals surface area contributed by atoms with Crippen molar-refractivity contribution in [2.24, 2.45) is 0 Å². The first kappa shape index (κ1) is 11.3. The van der Waals surface area contributed by atoms with E-state index in [1.165, 1.54) is 12.0 Å². The van der Waals surface area contributed by atoms with E-state index in [1.54, 1.807) is 12.1 Å². The number of hydrogen-bond donors (Lipinski definition) is 0. The van der Waals surface area contributed by atoms with Crippen molar-refractivity contribution in [3.05, 3.63) is 28.7 Å². The number of amides is 1. The number of aldehydes is 1. The second-order valence-electron chi connectivity index (χ2n) is 3.47. The molecule has 0 aliphatic carbocycles. The highest BCUT2D eigenvalue weighted by Crippen LogP contribution is 2.29. The van der Waals surface area contributed by atoms with Crippen molar-refractivity contribution in [1.29, 1.82) is 0 Å². The zero-order valence-corrected chi connectivity index (χ0v) is 10.2. The van der Waals surface area contributed by atoms with Crippen LogP contribution in [0, 0.1) is 0 Å². The van der Waals surface area contributed by atoms with Crippen LogP contribution in [0.4, 0.5) is 5.69 Å².